The molecule has 0 bridgehead atoms. The van der Waals surface area contributed by atoms with Crippen molar-refractivity contribution < 1.29 is 9.59 Å². The number of rotatable bonds is 5. The Bertz CT molecular complexity index is 1360. The largest absolute Gasteiger partial charge is 0.339 e. The number of anilines is 2. The standard InChI is InChI=1S/C23H19N5O3S/c1-3-11-27-22(31)17(20(29)26-23(27)32)12-16-19(24-15-7-5-4-6-8-15)25-18-10-9-14(2)13-28(18)21(16)30/h3-10,12-13,24H,1,11H2,2H3,(H,26,29,32)/b17-12+. The fraction of sp³-hybridized carbons (Fsp3) is 0.0870. The summed E-state index contributed by atoms with van der Waals surface area (Å²) in [6.07, 6.45) is 4.41. The Morgan fingerprint density at radius 2 is 1.91 bits per heavy atom. The van der Waals surface area contributed by atoms with E-state index in [0.29, 0.717) is 11.3 Å². The maximum Gasteiger partial charge on any atom is 0.267 e. The van der Waals surface area contributed by atoms with E-state index in [0.717, 1.165) is 5.56 Å². The van der Waals surface area contributed by atoms with E-state index >= 15 is 0 Å². The van der Waals surface area contributed by atoms with Gasteiger partial charge in [-0.1, -0.05) is 30.3 Å². The summed E-state index contributed by atoms with van der Waals surface area (Å²) in [6.45, 7) is 5.59. The number of carbonyl (C=O) groups excluding carboxylic acids is 2. The van der Waals surface area contributed by atoms with Crippen molar-refractivity contribution in [3.05, 3.63) is 88.4 Å². The third kappa shape index (κ3) is 3.93. The molecule has 1 fully saturated rings. The molecule has 8 nitrogen and oxygen atoms in total. The minimum atomic E-state index is -0.681. The minimum Gasteiger partial charge on any atom is -0.339 e. The van der Waals surface area contributed by atoms with Gasteiger partial charge in [0.2, 0.25) is 0 Å². The molecule has 32 heavy (non-hydrogen) atoms. The smallest absolute Gasteiger partial charge is 0.267 e. The van der Waals surface area contributed by atoms with E-state index < -0.39 is 17.4 Å². The molecule has 2 N–H and O–H groups in total. The number of aromatic nitrogens is 2. The highest BCUT2D eigenvalue weighted by Crippen LogP contribution is 2.21. The predicted octanol–water partition coefficient (Wildman–Crippen LogP) is 2.56. The van der Waals surface area contributed by atoms with Gasteiger partial charge in [0.05, 0.1) is 5.56 Å². The molecule has 1 saturated heterocycles. The molecule has 0 saturated carbocycles. The van der Waals surface area contributed by atoms with Crippen LogP contribution in [0.2, 0.25) is 0 Å². The zero-order chi connectivity index (χ0) is 22.8. The Hall–Kier alpha value is -4.11. The third-order valence-electron chi connectivity index (χ3n) is 4.83. The van der Waals surface area contributed by atoms with Crippen LogP contribution < -0.4 is 16.2 Å². The van der Waals surface area contributed by atoms with Crippen molar-refractivity contribution in [1.82, 2.24) is 19.6 Å². The van der Waals surface area contributed by atoms with Gasteiger partial charge in [0.1, 0.15) is 17.0 Å². The summed E-state index contributed by atoms with van der Waals surface area (Å²) in [5, 5.41) is 5.59. The zero-order valence-corrected chi connectivity index (χ0v) is 18.0. The first-order valence-corrected chi connectivity index (χ1v) is 10.1. The fourth-order valence-electron chi connectivity index (χ4n) is 3.28. The van der Waals surface area contributed by atoms with Gasteiger partial charge in [0.15, 0.2) is 5.11 Å². The van der Waals surface area contributed by atoms with Crippen LogP contribution in [0.3, 0.4) is 0 Å². The number of thiocarbonyl (C=S) groups is 1. The molecule has 160 valence electrons. The SMILES string of the molecule is C=CCN1C(=O)/C(=C/c2c(Nc3ccccc3)nc3ccc(C)cn3c2=O)C(=O)NC1=S. The van der Waals surface area contributed by atoms with E-state index in [1.54, 1.807) is 12.3 Å². The number of amides is 2. The molecular formula is C23H19N5O3S. The van der Waals surface area contributed by atoms with Gasteiger partial charge in [-0.25, -0.2) is 4.98 Å². The molecule has 1 aromatic carbocycles. The van der Waals surface area contributed by atoms with Gasteiger partial charge in [0, 0.05) is 18.4 Å². The second kappa shape index (κ2) is 8.56. The van der Waals surface area contributed by atoms with Gasteiger partial charge in [0.25, 0.3) is 17.4 Å². The molecule has 2 amide bonds. The molecule has 3 heterocycles. The average molecular weight is 446 g/mol. The molecule has 0 unspecified atom stereocenters. The summed E-state index contributed by atoms with van der Waals surface area (Å²) in [6, 6.07) is 12.7. The molecule has 3 aromatic rings. The van der Waals surface area contributed by atoms with E-state index in [1.165, 1.54) is 21.5 Å². The van der Waals surface area contributed by atoms with Gasteiger partial charge >= 0.3 is 0 Å². The molecule has 1 aliphatic heterocycles. The van der Waals surface area contributed by atoms with Gasteiger partial charge in [-0.2, -0.15) is 0 Å². The van der Waals surface area contributed by atoms with Crippen molar-refractivity contribution in [3.8, 4) is 0 Å². The predicted molar refractivity (Wildman–Crippen MR) is 127 cm³/mol. The number of nitrogens with one attached hydrogen (secondary N) is 2. The lowest BCUT2D eigenvalue weighted by molar-refractivity contribution is -0.128. The van der Waals surface area contributed by atoms with Crippen LogP contribution in [0.1, 0.15) is 11.1 Å². The van der Waals surface area contributed by atoms with Crippen LogP contribution in [-0.2, 0) is 9.59 Å². The zero-order valence-electron chi connectivity index (χ0n) is 17.2. The summed E-state index contributed by atoms with van der Waals surface area (Å²) in [5.41, 5.74) is 1.41. The normalized spacial score (nSPS) is 15.2. The number of nitrogens with zero attached hydrogens (tertiary/aromatic N) is 3. The molecule has 0 aliphatic carbocycles. The summed E-state index contributed by atoms with van der Waals surface area (Å²) in [5.74, 6) is -1.07. The van der Waals surface area contributed by atoms with Crippen LogP contribution in [0.4, 0.5) is 11.5 Å². The van der Waals surface area contributed by atoms with Crippen molar-refractivity contribution in [3.63, 3.8) is 0 Å². The summed E-state index contributed by atoms with van der Waals surface area (Å²) < 4.78 is 1.38. The lowest BCUT2D eigenvalue weighted by Gasteiger charge is -2.27. The van der Waals surface area contributed by atoms with Crippen molar-refractivity contribution in [2.75, 3.05) is 11.9 Å². The number of hydrogen-bond acceptors (Lipinski definition) is 6. The average Bonchev–Trinajstić information content (AvgIpc) is 2.77. The number of pyridine rings is 1. The van der Waals surface area contributed by atoms with Crippen molar-refractivity contribution in [1.29, 1.82) is 0 Å². The maximum absolute atomic E-state index is 13.4. The van der Waals surface area contributed by atoms with E-state index in [4.69, 9.17) is 12.2 Å². The molecule has 4 rings (SSSR count). The van der Waals surface area contributed by atoms with Crippen molar-refractivity contribution in [2.24, 2.45) is 0 Å². The molecule has 0 spiro atoms. The monoisotopic (exact) mass is 445 g/mol. The van der Waals surface area contributed by atoms with Crippen molar-refractivity contribution in [2.45, 2.75) is 6.92 Å². The lowest BCUT2D eigenvalue weighted by atomic mass is 10.1. The number of benzene rings is 1. The highest BCUT2D eigenvalue weighted by atomic mass is 32.1. The molecule has 1 aliphatic rings. The summed E-state index contributed by atoms with van der Waals surface area (Å²) in [7, 11) is 0. The third-order valence-corrected chi connectivity index (χ3v) is 5.15. The first-order valence-electron chi connectivity index (χ1n) is 9.74. The van der Waals surface area contributed by atoms with Crippen LogP contribution in [0.5, 0.6) is 0 Å². The van der Waals surface area contributed by atoms with Gasteiger partial charge in [-0.05, 0) is 49.0 Å². The number of carbonyl (C=O) groups is 2. The molecular weight excluding hydrogens is 426 g/mol. The van der Waals surface area contributed by atoms with Crippen LogP contribution in [0.15, 0.2) is 71.7 Å². The van der Waals surface area contributed by atoms with Crippen LogP contribution in [0.25, 0.3) is 11.7 Å². The van der Waals surface area contributed by atoms with Crippen LogP contribution in [-0.4, -0.2) is 37.8 Å². The fourth-order valence-corrected chi connectivity index (χ4v) is 3.53. The van der Waals surface area contributed by atoms with E-state index in [-0.39, 0.29) is 28.6 Å². The van der Waals surface area contributed by atoms with E-state index in [9.17, 15) is 14.4 Å². The van der Waals surface area contributed by atoms with Gasteiger partial charge in [-0.15, -0.1) is 6.58 Å². The van der Waals surface area contributed by atoms with E-state index in [2.05, 4.69) is 22.2 Å². The Kier molecular flexibility index (Phi) is 5.65. The highest BCUT2D eigenvalue weighted by Gasteiger charge is 2.33. The summed E-state index contributed by atoms with van der Waals surface area (Å²) >= 11 is 5.09. The Morgan fingerprint density at radius 1 is 1.16 bits per heavy atom. The first kappa shape index (κ1) is 21.1. The molecule has 0 radical (unpaired) electrons. The van der Waals surface area contributed by atoms with E-state index in [1.807, 2.05) is 43.3 Å². The first-order chi connectivity index (χ1) is 15.4. The maximum atomic E-state index is 13.4. The topological polar surface area (TPSA) is 95.8 Å². The molecule has 2 aromatic heterocycles. The Balaban J connectivity index is 1.92. The van der Waals surface area contributed by atoms with Crippen molar-refractivity contribution >= 4 is 52.4 Å². The Labute approximate surface area is 188 Å². The van der Waals surface area contributed by atoms with Crippen LogP contribution in [0, 0.1) is 6.92 Å². The number of para-hydroxylation sites is 1. The number of aryl methyl sites for hydroxylation is 1. The lowest BCUT2D eigenvalue weighted by Crippen LogP contribution is -2.53. The van der Waals surface area contributed by atoms with Crippen LogP contribution >= 0.6 is 12.2 Å². The molecule has 0 atom stereocenters. The van der Waals surface area contributed by atoms with Gasteiger partial charge in [-0.3, -0.25) is 29.0 Å². The van der Waals surface area contributed by atoms with Gasteiger partial charge < -0.3 is 5.32 Å². The number of fused-ring (bicyclic) bond motifs is 1. The Morgan fingerprint density at radius 3 is 2.62 bits per heavy atom. The molecule has 9 heteroatoms. The second-order valence-electron chi connectivity index (χ2n) is 7.13. The second-order valence-corrected chi connectivity index (χ2v) is 7.51. The quantitative estimate of drug-likeness (QED) is 0.271. The highest BCUT2D eigenvalue weighted by molar-refractivity contribution is 7.80. The number of hydrogen-bond donors (Lipinski definition) is 2. The summed E-state index contributed by atoms with van der Waals surface area (Å²) in [4.78, 5) is 44.7. The minimum absolute atomic E-state index is 0.0105.